The Kier molecular flexibility index (Phi) is 7.54. The van der Waals surface area contributed by atoms with Crippen LogP contribution in [0.2, 0.25) is 0 Å². The normalized spacial score (nSPS) is 16.0. The highest BCUT2D eigenvalue weighted by molar-refractivity contribution is 5.81. The summed E-state index contributed by atoms with van der Waals surface area (Å²) in [6.07, 6.45) is 1.91. The van der Waals surface area contributed by atoms with Crippen LogP contribution in [0.15, 0.2) is 0 Å². The Morgan fingerprint density at radius 2 is 1.94 bits per heavy atom. The fourth-order valence-electron chi connectivity index (χ4n) is 1.63. The average Bonchev–Trinajstić information content (AvgIpc) is 2.24. The van der Waals surface area contributed by atoms with Crippen LogP contribution >= 0.6 is 0 Å². The number of hydrogen-bond donors (Lipinski definition) is 3. The number of carboxylic acid groups (broad SMARTS) is 1. The Bertz CT molecular complexity index is 254. The van der Waals surface area contributed by atoms with Crippen LogP contribution in [0.5, 0.6) is 0 Å². The molecular weight excluding hydrogens is 220 g/mol. The van der Waals surface area contributed by atoms with E-state index in [9.17, 15) is 9.59 Å². The van der Waals surface area contributed by atoms with Gasteiger partial charge in [-0.3, -0.25) is 9.59 Å². The minimum absolute atomic E-state index is 0.0230. The van der Waals surface area contributed by atoms with Gasteiger partial charge in [-0.25, -0.2) is 0 Å². The van der Waals surface area contributed by atoms with Gasteiger partial charge in [-0.2, -0.15) is 0 Å². The number of carbonyl (C=O) groups is 2. The molecule has 0 aromatic heterocycles. The van der Waals surface area contributed by atoms with Crippen LogP contribution < -0.4 is 11.1 Å². The van der Waals surface area contributed by atoms with Crippen molar-refractivity contribution < 1.29 is 14.7 Å². The van der Waals surface area contributed by atoms with Gasteiger partial charge in [0.05, 0.1) is 6.04 Å². The van der Waals surface area contributed by atoms with E-state index < -0.39 is 12.0 Å². The van der Waals surface area contributed by atoms with Gasteiger partial charge in [0.15, 0.2) is 0 Å². The minimum Gasteiger partial charge on any atom is -0.481 e. The molecule has 3 unspecified atom stereocenters. The van der Waals surface area contributed by atoms with Crippen LogP contribution in [-0.2, 0) is 9.59 Å². The van der Waals surface area contributed by atoms with Crippen LogP contribution in [0.4, 0.5) is 0 Å². The van der Waals surface area contributed by atoms with E-state index in [2.05, 4.69) is 19.2 Å². The fraction of sp³-hybridized carbons (Fsp3) is 0.833. The quantitative estimate of drug-likeness (QED) is 0.593. The monoisotopic (exact) mass is 244 g/mol. The first-order valence-corrected chi connectivity index (χ1v) is 6.11. The average molecular weight is 244 g/mol. The zero-order valence-corrected chi connectivity index (χ0v) is 10.9. The van der Waals surface area contributed by atoms with Gasteiger partial charge in [-0.05, 0) is 25.2 Å². The molecule has 0 aliphatic heterocycles. The third-order valence-corrected chi connectivity index (χ3v) is 2.87. The number of amides is 1. The third kappa shape index (κ3) is 7.74. The lowest BCUT2D eigenvalue weighted by Crippen LogP contribution is -2.41. The molecule has 0 rings (SSSR count). The Hall–Kier alpha value is -1.10. The molecule has 3 atom stereocenters. The molecule has 0 heterocycles. The van der Waals surface area contributed by atoms with E-state index in [4.69, 9.17) is 10.8 Å². The molecule has 0 fully saturated rings. The maximum Gasteiger partial charge on any atom is 0.303 e. The van der Waals surface area contributed by atoms with Gasteiger partial charge in [0.25, 0.3) is 0 Å². The number of hydrogen-bond acceptors (Lipinski definition) is 3. The Morgan fingerprint density at radius 3 is 2.35 bits per heavy atom. The zero-order chi connectivity index (χ0) is 13.4. The highest BCUT2D eigenvalue weighted by Gasteiger charge is 2.17. The predicted molar refractivity (Wildman–Crippen MR) is 66.5 cm³/mol. The van der Waals surface area contributed by atoms with Crippen LogP contribution in [0.25, 0.3) is 0 Å². The van der Waals surface area contributed by atoms with Crippen molar-refractivity contribution in [3.05, 3.63) is 0 Å². The van der Waals surface area contributed by atoms with Gasteiger partial charge < -0.3 is 16.2 Å². The lowest BCUT2D eigenvalue weighted by atomic mass is 9.91. The summed E-state index contributed by atoms with van der Waals surface area (Å²) >= 11 is 0. The first-order valence-electron chi connectivity index (χ1n) is 6.11. The molecule has 5 nitrogen and oxygen atoms in total. The number of aliphatic carboxylic acids is 1. The maximum absolute atomic E-state index is 11.3. The van der Waals surface area contributed by atoms with E-state index >= 15 is 0 Å². The lowest BCUT2D eigenvalue weighted by molar-refractivity contribution is -0.138. The summed E-state index contributed by atoms with van der Waals surface area (Å²) in [5.74, 6) is -0.616. The summed E-state index contributed by atoms with van der Waals surface area (Å²) in [6.45, 7) is 6.15. The van der Waals surface area contributed by atoms with Gasteiger partial charge >= 0.3 is 5.97 Å². The molecule has 0 aromatic rings. The largest absolute Gasteiger partial charge is 0.481 e. The molecule has 17 heavy (non-hydrogen) atoms. The molecule has 0 bridgehead atoms. The minimum atomic E-state index is -0.826. The van der Waals surface area contributed by atoms with Crippen molar-refractivity contribution in [3.8, 4) is 0 Å². The van der Waals surface area contributed by atoms with E-state index in [1.807, 2.05) is 0 Å². The molecule has 0 spiro atoms. The Balaban J connectivity index is 4.19. The molecule has 1 amide bonds. The number of carboxylic acids is 1. The first-order chi connectivity index (χ1) is 7.86. The van der Waals surface area contributed by atoms with Crippen molar-refractivity contribution in [2.24, 2.45) is 17.6 Å². The third-order valence-electron chi connectivity index (χ3n) is 2.87. The SMILES string of the molecule is CCC(C)CC(CNC(=O)C(C)N)CC(=O)O. The molecule has 0 saturated heterocycles. The lowest BCUT2D eigenvalue weighted by Gasteiger charge is -2.19. The molecule has 0 radical (unpaired) electrons. The van der Waals surface area contributed by atoms with Gasteiger partial charge in [0.2, 0.25) is 5.91 Å². The first kappa shape index (κ1) is 15.9. The molecular formula is C12H24N2O3. The zero-order valence-electron chi connectivity index (χ0n) is 10.9. The van der Waals surface area contributed by atoms with E-state index in [1.165, 1.54) is 0 Å². The van der Waals surface area contributed by atoms with Gasteiger partial charge in [-0.1, -0.05) is 20.3 Å². The van der Waals surface area contributed by atoms with Crippen molar-refractivity contribution in [3.63, 3.8) is 0 Å². The molecule has 4 N–H and O–H groups in total. The van der Waals surface area contributed by atoms with E-state index in [0.29, 0.717) is 12.5 Å². The highest BCUT2D eigenvalue weighted by Crippen LogP contribution is 2.17. The second-order valence-corrected chi connectivity index (χ2v) is 4.75. The van der Waals surface area contributed by atoms with Crippen LogP contribution in [-0.4, -0.2) is 29.6 Å². The molecule has 5 heteroatoms. The van der Waals surface area contributed by atoms with Gasteiger partial charge in [0.1, 0.15) is 0 Å². The van der Waals surface area contributed by atoms with Crippen molar-refractivity contribution in [2.75, 3.05) is 6.54 Å². The van der Waals surface area contributed by atoms with Crippen molar-refractivity contribution in [2.45, 2.75) is 46.1 Å². The van der Waals surface area contributed by atoms with Gasteiger partial charge in [-0.15, -0.1) is 0 Å². The molecule has 0 aromatic carbocycles. The number of nitrogens with two attached hydrogens (primary N) is 1. The number of carbonyl (C=O) groups excluding carboxylic acids is 1. The summed E-state index contributed by atoms with van der Waals surface area (Å²) in [5.41, 5.74) is 5.42. The van der Waals surface area contributed by atoms with Crippen LogP contribution in [0.3, 0.4) is 0 Å². The van der Waals surface area contributed by atoms with E-state index in [1.54, 1.807) is 6.92 Å². The second-order valence-electron chi connectivity index (χ2n) is 4.75. The molecule has 0 aliphatic carbocycles. The molecule has 0 saturated carbocycles. The summed E-state index contributed by atoms with van der Waals surface area (Å²) in [6, 6.07) is -0.552. The summed E-state index contributed by atoms with van der Waals surface area (Å²) in [7, 11) is 0. The van der Waals surface area contributed by atoms with Crippen molar-refractivity contribution in [1.82, 2.24) is 5.32 Å². The maximum atomic E-state index is 11.3. The number of nitrogens with one attached hydrogen (secondary N) is 1. The van der Waals surface area contributed by atoms with Crippen LogP contribution in [0, 0.1) is 11.8 Å². The molecule has 0 aliphatic rings. The predicted octanol–water partition coefficient (Wildman–Crippen LogP) is 0.977. The summed E-state index contributed by atoms with van der Waals surface area (Å²) in [4.78, 5) is 22.0. The fourth-order valence-corrected chi connectivity index (χ4v) is 1.63. The standard InChI is InChI=1S/C12H24N2O3/c1-4-8(2)5-10(6-11(15)16)7-14-12(17)9(3)13/h8-10H,4-7,13H2,1-3H3,(H,14,17)(H,15,16). The number of rotatable bonds is 8. The highest BCUT2D eigenvalue weighted by atomic mass is 16.4. The van der Waals surface area contributed by atoms with Crippen molar-refractivity contribution >= 4 is 11.9 Å². The van der Waals surface area contributed by atoms with E-state index in [-0.39, 0.29) is 18.2 Å². The topological polar surface area (TPSA) is 92.4 Å². The summed E-state index contributed by atoms with van der Waals surface area (Å²) < 4.78 is 0. The smallest absolute Gasteiger partial charge is 0.303 e. The second kappa shape index (κ2) is 8.06. The Labute approximate surface area is 103 Å². The van der Waals surface area contributed by atoms with E-state index in [0.717, 1.165) is 12.8 Å². The molecule has 100 valence electrons. The van der Waals surface area contributed by atoms with Crippen molar-refractivity contribution in [1.29, 1.82) is 0 Å². The Morgan fingerprint density at radius 1 is 1.35 bits per heavy atom. The summed E-state index contributed by atoms with van der Waals surface area (Å²) in [5, 5.41) is 11.5. The van der Waals surface area contributed by atoms with Gasteiger partial charge in [0, 0.05) is 13.0 Å². The van der Waals surface area contributed by atoms with Crippen LogP contribution in [0.1, 0.15) is 40.0 Å².